The van der Waals surface area contributed by atoms with Gasteiger partial charge in [0.1, 0.15) is 0 Å². The third kappa shape index (κ3) is 2.48. The van der Waals surface area contributed by atoms with Gasteiger partial charge in [0.25, 0.3) is 5.91 Å². The van der Waals surface area contributed by atoms with Gasteiger partial charge >= 0.3 is 0 Å². The Labute approximate surface area is 110 Å². The summed E-state index contributed by atoms with van der Waals surface area (Å²) in [7, 11) is 0. The molecule has 0 unspecified atom stereocenters. The number of nitrogens with zero attached hydrogens (tertiary/aromatic N) is 4. The quantitative estimate of drug-likeness (QED) is 0.797. The van der Waals surface area contributed by atoms with E-state index in [0.29, 0.717) is 31.9 Å². The lowest BCUT2D eigenvalue weighted by Crippen LogP contribution is -2.40. The van der Waals surface area contributed by atoms with Gasteiger partial charge in [0.2, 0.25) is 0 Å². The summed E-state index contributed by atoms with van der Waals surface area (Å²) >= 11 is 0. The molecule has 2 heterocycles. The second-order valence-electron chi connectivity index (χ2n) is 4.30. The summed E-state index contributed by atoms with van der Waals surface area (Å²) in [4.78, 5) is 14.0. The van der Waals surface area contributed by atoms with Crippen LogP contribution in [-0.2, 0) is 4.74 Å². The largest absolute Gasteiger partial charge is 0.378 e. The Bertz CT molecular complexity index is 545. The first kappa shape index (κ1) is 11.9. The van der Waals surface area contributed by atoms with Crippen LogP contribution in [0.5, 0.6) is 0 Å². The van der Waals surface area contributed by atoms with Gasteiger partial charge in [-0.3, -0.25) is 4.79 Å². The smallest absolute Gasteiger partial charge is 0.254 e. The van der Waals surface area contributed by atoms with Crippen molar-refractivity contribution in [2.75, 3.05) is 26.3 Å². The van der Waals surface area contributed by atoms with Crippen molar-refractivity contribution in [3.63, 3.8) is 0 Å². The highest BCUT2D eigenvalue weighted by atomic mass is 16.5. The topological polar surface area (TPSA) is 60.2 Å². The van der Waals surface area contributed by atoms with Crippen LogP contribution >= 0.6 is 0 Å². The van der Waals surface area contributed by atoms with E-state index in [1.165, 1.54) is 0 Å². The van der Waals surface area contributed by atoms with E-state index in [-0.39, 0.29) is 5.91 Å². The van der Waals surface area contributed by atoms with E-state index in [4.69, 9.17) is 4.74 Å². The van der Waals surface area contributed by atoms with Gasteiger partial charge in [-0.25, -0.2) is 4.68 Å². The van der Waals surface area contributed by atoms with Crippen LogP contribution in [0.1, 0.15) is 10.4 Å². The van der Waals surface area contributed by atoms with E-state index in [9.17, 15) is 4.79 Å². The highest BCUT2D eigenvalue weighted by Gasteiger charge is 2.18. The molecule has 98 valence electrons. The SMILES string of the molecule is O=C(c1ccc(-n2ccnn2)cc1)N1CCOCC1. The second-order valence-corrected chi connectivity index (χ2v) is 4.30. The molecule has 1 aromatic carbocycles. The Balaban J connectivity index is 1.76. The fourth-order valence-corrected chi connectivity index (χ4v) is 2.05. The van der Waals surface area contributed by atoms with Crippen molar-refractivity contribution < 1.29 is 9.53 Å². The number of carbonyl (C=O) groups is 1. The molecule has 19 heavy (non-hydrogen) atoms. The Hall–Kier alpha value is -2.21. The lowest BCUT2D eigenvalue weighted by molar-refractivity contribution is 0.0303. The average Bonchev–Trinajstić information content (AvgIpc) is 3.02. The maximum Gasteiger partial charge on any atom is 0.254 e. The molecule has 0 bridgehead atoms. The van der Waals surface area contributed by atoms with E-state index in [2.05, 4.69) is 10.3 Å². The molecule has 1 aliphatic heterocycles. The molecule has 1 saturated heterocycles. The molecule has 6 nitrogen and oxygen atoms in total. The van der Waals surface area contributed by atoms with E-state index in [0.717, 1.165) is 5.69 Å². The van der Waals surface area contributed by atoms with Gasteiger partial charge in [0.05, 0.1) is 31.3 Å². The summed E-state index contributed by atoms with van der Waals surface area (Å²) in [6.45, 7) is 2.54. The van der Waals surface area contributed by atoms with Crippen molar-refractivity contribution in [1.29, 1.82) is 0 Å². The first-order valence-electron chi connectivity index (χ1n) is 6.18. The minimum absolute atomic E-state index is 0.0495. The van der Waals surface area contributed by atoms with E-state index < -0.39 is 0 Å². The molecule has 1 aromatic heterocycles. The number of hydrogen-bond donors (Lipinski definition) is 0. The molecule has 0 saturated carbocycles. The fourth-order valence-electron chi connectivity index (χ4n) is 2.05. The number of benzene rings is 1. The number of hydrogen-bond acceptors (Lipinski definition) is 4. The summed E-state index contributed by atoms with van der Waals surface area (Å²) < 4.78 is 6.90. The Morgan fingerprint density at radius 2 is 1.89 bits per heavy atom. The van der Waals surface area contributed by atoms with Gasteiger partial charge in [-0.05, 0) is 24.3 Å². The summed E-state index contributed by atoms with van der Waals surface area (Å²) in [5, 5.41) is 7.66. The number of morpholine rings is 1. The lowest BCUT2D eigenvalue weighted by atomic mass is 10.1. The van der Waals surface area contributed by atoms with Crippen LogP contribution in [0.2, 0.25) is 0 Å². The second kappa shape index (κ2) is 5.19. The van der Waals surface area contributed by atoms with Gasteiger partial charge in [0, 0.05) is 18.7 Å². The molecule has 0 spiro atoms. The minimum Gasteiger partial charge on any atom is -0.378 e. The summed E-state index contributed by atoms with van der Waals surface area (Å²) in [5.41, 5.74) is 1.57. The van der Waals surface area contributed by atoms with Gasteiger partial charge < -0.3 is 9.64 Å². The van der Waals surface area contributed by atoms with Crippen molar-refractivity contribution in [3.8, 4) is 5.69 Å². The van der Waals surface area contributed by atoms with Crippen LogP contribution < -0.4 is 0 Å². The lowest BCUT2D eigenvalue weighted by Gasteiger charge is -2.26. The molecule has 3 rings (SSSR count). The zero-order valence-corrected chi connectivity index (χ0v) is 10.4. The monoisotopic (exact) mass is 258 g/mol. The first-order chi connectivity index (χ1) is 9.34. The van der Waals surface area contributed by atoms with Gasteiger partial charge in [-0.15, -0.1) is 5.10 Å². The van der Waals surface area contributed by atoms with Crippen molar-refractivity contribution in [2.45, 2.75) is 0 Å². The van der Waals surface area contributed by atoms with Crippen molar-refractivity contribution in [2.24, 2.45) is 0 Å². The third-order valence-corrected chi connectivity index (χ3v) is 3.10. The molecule has 0 N–H and O–H groups in total. The average molecular weight is 258 g/mol. The van der Waals surface area contributed by atoms with Crippen LogP contribution in [0.25, 0.3) is 5.69 Å². The molecule has 6 heteroatoms. The van der Waals surface area contributed by atoms with Gasteiger partial charge in [-0.2, -0.15) is 0 Å². The van der Waals surface area contributed by atoms with Crippen molar-refractivity contribution in [3.05, 3.63) is 42.2 Å². The number of carbonyl (C=O) groups excluding carboxylic acids is 1. The molecule has 1 amide bonds. The zero-order chi connectivity index (χ0) is 13.1. The maximum absolute atomic E-state index is 12.2. The van der Waals surface area contributed by atoms with Gasteiger partial charge in [-0.1, -0.05) is 5.21 Å². The molecular weight excluding hydrogens is 244 g/mol. The van der Waals surface area contributed by atoms with E-state index in [1.54, 1.807) is 17.1 Å². The third-order valence-electron chi connectivity index (χ3n) is 3.10. The standard InChI is InChI=1S/C13H14N4O2/c18-13(16-7-9-19-10-8-16)11-1-3-12(4-2-11)17-6-5-14-15-17/h1-6H,7-10H2. The van der Waals surface area contributed by atoms with E-state index in [1.807, 2.05) is 29.2 Å². The Kier molecular flexibility index (Phi) is 3.24. The number of ether oxygens (including phenoxy) is 1. The highest BCUT2D eigenvalue weighted by molar-refractivity contribution is 5.94. The molecule has 0 atom stereocenters. The fraction of sp³-hybridized carbons (Fsp3) is 0.308. The van der Waals surface area contributed by atoms with Crippen LogP contribution in [0.3, 0.4) is 0 Å². The summed E-state index contributed by atoms with van der Waals surface area (Å²) in [6.07, 6.45) is 3.38. The first-order valence-corrected chi connectivity index (χ1v) is 6.18. The normalized spacial score (nSPS) is 15.5. The molecule has 1 fully saturated rings. The van der Waals surface area contributed by atoms with Crippen LogP contribution in [-0.4, -0.2) is 52.1 Å². The van der Waals surface area contributed by atoms with Crippen LogP contribution in [0.4, 0.5) is 0 Å². The molecular formula is C13H14N4O2. The molecule has 2 aromatic rings. The number of amides is 1. The molecule has 1 aliphatic rings. The zero-order valence-electron chi connectivity index (χ0n) is 10.4. The Morgan fingerprint density at radius 3 is 2.53 bits per heavy atom. The predicted octanol–water partition coefficient (Wildman–Crippen LogP) is 0.740. The predicted molar refractivity (Wildman–Crippen MR) is 68.1 cm³/mol. The minimum atomic E-state index is 0.0495. The summed E-state index contributed by atoms with van der Waals surface area (Å²) in [5.74, 6) is 0.0495. The summed E-state index contributed by atoms with van der Waals surface area (Å²) in [6, 6.07) is 7.36. The highest BCUT2D eigenvalue weighted by Crippen LogP contribution is 2.11. The van der Waals surface area contributed by atoms with E-state index >= 15 is 0 Å². The number of rotatable bonds is 2. The Morgan fingerprint density at radius 1 is 1.16 bits per heavy atom. The van der Waals surface area contributed by atoms with Crippen LogP contribution in [0.15, 0.2) is 36.7 Å². The molecule has 0 aliphatic carbocycles. The molecule has 0 radical (unpaired) electrons. The van der Waals surface area contributed by atoms with Crippen molar-refractivity contribution >= 4 is 5.91 Å². The number of aromatic nitrogens is 3. The maximum atomic E-state index is 12.2. The van der Waals surface area contributed by atoms with Crippen molar-refractivity contribution in [1.82, 2.24) is 19.9 Å². The van der Waals surface area contributed by atoms with Crippen LogP contribution in [0, 0.1) is 0 Å². The van der Waals surface area contributed by atoms with Gasteiger partial charge in [0.15, 0.2) is 0 Å².